The van der Waals surface area contributed by atoms with Crippen LogP contribution < -0.4 is 0 Å². The number of para-hydroxylation sites is 2. The molecule has 10 rings (SSSR count). The molecule has 2 aromatic heterocycles. The largest absolute Gasteiger partial charge is 0.416 e. The summed E-state index contributed by atoms with van der Waals surface area (Å²) in [4.78, 5) is 0. The Morgan fingerprint density at radius 3 is 1.47 bits per heavy atom. The molecule has 0 fully saturated rings. The Morgan fingerprint density at radius 1 is 0.433 bits per heavy atom. The van der Waals surface area contributed by atoms with E-state index in [1.54, 1.807) is 6.07 Å². The number of nitriles is 1. The van der Waals surface area contributed by atoms with Gasteiger partial charge in [0, 0.05) is 27.1 Å². The van der Waals surface area contributed by atoms with Crippen LogP contribution in [0.3, 0.4) is 0 Å². The van der Waals surface area contributed by atoms with Crippen LogP contribution >= 0.6 is 0 Å². The van der Waals surface area contributed by atoms with Crippen LogP contribution in [-0.2, 0) is 6.18 Å². The summed E-state index contributed by atoms with van der Waals surface area (Å²) in [6.07, 6.45) is -4.56. The van der Waals surface area contributed by atoms with Gasteiger partial charge in [-0.2, -0.15) is 18.4 Å². The number of hydrogen-bond donors (Lipinski definition) is 0. The lowest BCUT2D eigenvalue weighted by molar-refractivity contribution is -0.137. The Hall–Kier alpha value is -7.36. The molecule has 0 saturated carbocycles. The van der Waals surface area contributed by atoms with E-state index < -0.39 is 11.7 Å². The number of hydrogen-bond acceptors (Lipinski definition) is 1. The number of halogens is 3. The maximum Gasteiger partial charge on any atom is 0.416 e. The van der Waals surface area contributed by atoms with Gasteiger partial charge in [-0.05, 0) is 98.0 Å². The number of rotatable bonds is 5. The molecule has 0 aliphatic heterocycles. The molecule has 0 bridgehead atoms. The fourth-order valence-corrected chi connectivity index (χ4v) is 9.29. The van der Waals surface area contributed by atoms with Crippen molar-refractivity contribution in [2.24, 2.45) is 0 Å². The molecule has 6 heteroatoms. The van der Waals surface area contributed by atoms with E-state index in [1.807, 2.05) is 42.5 Å². The summed E-state index contributed by atoms with van der Waals surface area (Å²) in [5, 5.41) is 15.6. The van der Waals surface area contributed by atoms with Crippen molar-refractivity contribution in [3.8, 4) is 50.8 Å². The number of aryl methyl sites for hydroxylation is 4. The second-order valence-electron chi connectivity index (χ2n) is 16.0. The van der Waals surface area contributed by atoms with Crippen molar-refractivity contribution < 1.29 is 13.2 Å². The molecule has 8 aromatic carbocycles. The van der Waals surface area contributed by atoms with Gasteiger partial charge in [0.05, 0.1) is 39.0 Å². The topological polar surface area (TPSA) is 33.6 Å². The lowest BCUT2D eigenvalue weighted by Gasteiger charge is -2.21. The number of nitrogens with zero attached hydrogens (tertiary/aromatic N) is 3. The average Bonchev–Trinajstić information content (AvgIpc) is 3.74. The van der Waals surface area contributed by atoms with Gasteiger partial charge in [0.1, 0.15) is 11.6 Å². The van der Waals surface area contributed by atoms with E-state index in [2.05, 4.69) is 134 Å². The minimum Gasteiger partial charge on any atom is -0.308 e. The van der Waals surface area contributed by atoms with Crippen molar-refractivity contribution in [2.75, 3.05) is 0 Å². The zero-order chi connectivity index (χ0) is 41.4. The molecule has 0 unspecified atom stereocenters. The van der Waals surface area contributed by atoms with E-state index in [4.69, 9.17) is 0 Å². The van der Waals surface area contributed by atoms with Gasteiger partial charge in [0.2, 0.25) is 0 Å². The van der Waals surface area contributed by atoms with E-state index in [9.17, 15) is 18.4 Å². The number of alkyl halides is 3. The van der Waals surface area contributed by atoms with Crippen molar-refractivity contribution in [1.29, 1.82) is 5.26 Å². The summed E-state index contributed by atoms with van der Waals surface area (Å²) in [6.45, 7) is 8.35. The lowest BCUT2D eigenvalue weighted by atomic mass is 9.96. The zero-order valence-corrected chi connectivity index (χ0v) is 33.5. The Balaban J connectivity index is 1.34. The molecular formula is C54H38F3N3. The van der Waals surface area contributed by atoms with Crippen LogP contribution in [0.25, 0.3) is 88.4 Å². The number of fused-ring (bicyclic) bond motifs is 6. The first-order valence-corrected chi connectivity index (χ1v) is 20.0. The van der Waals surface area contributed by atoms with Crippen molar-refractivity contribution in [1.82, 2.24) is 9.13 Å². The molecular weight excluding hydrogens is 748 g/mol. The molecule has 0 spiro atoms. The Labute approximate surface area is 345 Å². The highest BCUT2D eigenvalue weighted by atomic mass is 19.4. The van der Waals surface area contributed by atoms with Crippen molar-refractivity contribution >= 4 is 43.6 Å². The molecule has 0 aliphatic carbocycles. The zero-order valence-electron chi connectivity index (χ0n) is 33.5. The Kier molecular flexibility index (Phi) is 8.55. The minimum absolute atomic E-state index is 0.337. The van der Waals surface area contributed by atoms with Gasteiger partial charge < -0.3 is 9.13 Å². The quantitative estimate of drug-likeness (QED) is 0.171. The second-order valence-corrected chi connectivity index (χ2v) is 16.0. The highest BCUT2D eigenvalue weighted by molar-refractivity contribution is 6.12. The van der Waals surface area contributed by atoms with Crippen LogP contribution in [0, 0.1) is 39.0 Å². The van der Waals surface area contributed by atoms with Gasteiger partial charge >= 0.3 is 6.18 Å². The van der Waals surface area contributed by atoms with Crippen LogP contribution in [0.15, 0.2) is 158 Å². The molecule has 0 radical (unpaired) electrons. The lowest BCUT2D eigenvalue weighted by Crippen LogP contribution is -2.08. The molecule has 0 N–H and O–H groups in total. The first-order valence-electron chi connectivity index (χ1n) is 20.0. The van der Waals surface area contributed by atoms with E-state index in [1.165, 1.54) is 23.3 Å². The van der Waals surface area contributed by atoms with Gasteiger partial charge in [-0.1, -0.05) is 138 Å². The molecule has 10 aromatic rings. The minimum atomic E-state index is -4.56. The SMILES string of the molecule is Cc1cc(C)cc(-c2ccc3c4ccccc4n(-c4ccc(-c5cccc(C(F)(F)F)c5)c(-n5c6ccccc6c6ccc(-c7cc(C)cc(C)c7)cc65)c4C#N)c3c2)c1. The van der Waals surface area contributed by atoms with Crippen molar-refractivity contribution in [3.63, 3.8) is 0 Å². The fraction of sp³-hybridized carbons (Fsp3) is 0.0926. The molecule has 0 aliphatic rings. The van der Waals surface area contributed by atoms with E-state index in [0.29, 0.717) is 28.1 Å². The van der Waals surface area contributed by atoms with Crippen LogP contribution in [0.4, 0.5) is 13.2 Å². The predicted octanol–water partition coefficient (Wildman–Crippen LogP) is 15.0. The first kappa shape index (κ1) is 36.9. The predicted molar refractivity (Wildman–Crippen MR) is 240 cm³/mol. The van der Waals surface area contributed by atoms with Crippen LogP contribution in [0.1, 0.15) is 33.4 Å². The molecule has 0 amide bonds. The van der Waals surface area contributed by atoms with E-state index in [0.717, 1.165) is 83.1 Å². The third-order valence-corrected chi connectivity index (χ3v) is 11.7. The summed E-state index contributed by atoms with van der Waals surface area (Å²) >= 11 is 0. The smallest absolute Gasteiger partial charge is 0.308 e. The molecule has 60 heavy (non-hydrogen) atoms. The molecule has 0 saturated heterocycles. The molecule has 2 heterocycles. The number of aromatic nitrogens is 2. The normalized spacial score (nSPS) is 11.9. The highest BCUT2D eigenvalue weighted by Gasteiger charge is 2.31. The van der Waals surface area contributed by atoms with Gasteiger partial charge in [-0.15, -0.1) is 0 Å². The summed E-state index contributed by atoms with van der Waals surface area (Å²) in [7, 11) is 0. The fourth-order valence-electron chi connectivity index (χ4n) is 9.29. The monoisotopic (exact) mass is 785 g/mol. The van der Waals surface area contributed by atoms with Gasteiger partial charge in [0.25, 0.3) is 0 Å². The summed E-state index contributed by atoms with van der Waals surface area (Å²) in [6, 6.07) is 53.8. The van der Waals surface area contributed by atoms with Crippen LogP contribution in [0.2, 0.25) is 0 Å². The van der Waals surface area contributed by atoms with E-state index >= 15 is 0 Å². The molecule has 3 nitrogen and oxygen atoms in total. The van der Waals surface area contributed by atoms with Gasteiger partial charge in [-0.25, -0.2) is 0 Å². The first-order chi connectivity index (χ1) is 29.0. The second kappa shape index (κ2) is 13.9. The summed E-state index contributed by atoms with van der Waals surface area (Å²) < 4.78 is 47.3. The van der Waals surface area contributed by atoms with Crippen molar-refractivity contribution in [3.05, 3.63) is 191 Å². The summed E-state index contributed by atoms with van der Waals surface area (Å²) in [5.41, 5.74) is 13.9. The molecule has 0 atom stereocenters. The Bertz CT molecular complexity index is 3390. The summed E-state index contributed by atoms with van der Waals surface area (Å²) in [5.74, 6) is 0. The third-order valence-electron chi connectivity index (χ3n) is 11.7. The third kappa shape index (κ3) is 6.05. The standard InChI is InChI=1S/C54H38F3N3/c1-32-22-33(2)25-39(24-32)36-16-18-45-43-12-5-7-14-48(43)59(51(45)29-36)50-21-20-42(38-10-9-11-41(28-38)54(55,56)57)53(47(50)31-58)60-49-15-8-6-13-44(49)46-19-17-37(30-52(46)60)40-26-34(3)23-35(4)27-40/h5-30H,1-4H3. The average molecular weight is 786 g/mol. The molecule has 290 valence electrons. The van der Waals surface area contributed by atoms with Crippen molar-refractivity contribution in [2.45, 2.75) is 33.9 Å². The maximum absolute atomic E-state index is 14.4. The van der Waals surface area contributed by atoms with Gasteiger partial charge in [-0.3, -0.25) is 0 Å². The van der Waals surface area contributed by atoms with Gasteiger partial charge in [0.15, 0.2) is 0 Å². The van der Waals surface area contributed by atoms with Crippen LogP contribution in [0.5, 0.6) is 0 Å². The Morgan fingerprint density at radius 2 is 0.933 bits per heavy atom. The number of benzene rings is 8. The highest BCUT2D eigenvalue weighted by Crippen LogP contribution is 2.44. The van der Waals surface area contributed by atoms with E-state index in [-0.39, 0.29) is 0 Å². The van der Waals surface area contributed by atoms with Crippen LogP contribution in [-0.4, -0.2) is 9.13 Å². The maximum atomic E-state index is 14.4.